The lowest BCUT2D eigenvalue weighted by Gasteiger charge is -2.29. The SMILES string of the molecule is COc1ccc(S(=O)(=O)N(CC(=O)O)c2c(OCc3ccc(Cl)cc3)c(CN(CC(=O)O)S(=O)(=O)c3ccc(-c4ccccc4)cc3)cc3ccccc23)cc1. The molecule has 6 aromatic rings. The van der Waals surface area contributed by atoms with Crippen molar-refractivity contribution in [1.82, 2.24) is 4.31 Å². The number of nitrogens with zero attached hydrogens (tertiary/aromatic N) is 2. The molecule has 0 aliphatic carbocycles. The van der Waals surface area contributed by atoms with E-state index in [1.807, 2.05) is 30.3 Å². The van der Waals surface area contributed by atoms with Gasteiger partial charge in [0.25, 0.3) is 10.0 Å². The van der Waals surface area contributed by atoms with Crippen molar-refractivity contribution in [3.8, 4) is 22.6 Å². The molecule has 0 aromatic heterocycles. The minimum absolute atomic E-state index is 0.0683. The molecule has 0 atom stereocenters. The number of benzene rings is 6. The number of aliphatic carboxylic acids is 2. The average molecular weight is 815 g/mol. The highest BCUT2D eigenvalue weighted by atomic mass is 35.5. The molecule has 0 amide bonds. The van der Waals surface area contributed by atoms with E-state index in [9.17, 15) is 36.6 Å². The first-order chi connectivity index (χ1) is 26.8. The minimum atomic E-state index is -4.67. The van der Waals surface area contributed by atoms with Crippen LogP contribution in [-0.4, -0.2) is 63.5 Å². The van der Waals surface area contributed by atoms with E-state index < -0.39 is 51.6 Å². The Hall–Kier alpha value is -5.93. The molecule has 56 heavy (non-hydrogen) atoms. The maximum absolute atomic E-state index is 14.5. The highest BCUT2D eigenvalue weighted by Crippen LogP contribution is 2.43. The molecule has 0 spiro atoms. The molecule has 0 radical (unpaired) electrons. The van der Waals surface area contributed by atoms with Gasteiger partial charge in [-0.1, -0.05) is 90.5 Å². The Kier molecular flexibility index (Phi) is 12.0. The van der Waals surface area contributed by atoms with Gasteiger partial charge in [0.2, 0.25) is 10.0 Å². The smallest absolute Gasteiger partial charge is 0.324 e. The number of carboxylic acid groups (broad SMARTS) is 2. The molecule has 2 N–H and O–H groups in total. The zero-order chi connectivity index (χ0) is 40.0. The van der Waals surface area contributed by atoms with Gasteiger partial charge >= 0.3 is 11.9 Å². The predicted octanol–water partition coefficient (Wildman–Crippen LogP) is 7.30. The Morgan fingerprint density at radius 3 is 1.88 bits per heavy atom. The van der Waals surface area contributed by atoms with Crippen molar-refractivity contribution >= 4 is 60.0 Å². The van der Waals surface area contributed by atoms with Crippen molar-refractivity contribution in [2.45, 2.75) is 22.9 Å². The van der Waals surface area contributed by atoms with E-state index in [1.165, 1.54) is 43.5 Å². The Balaban J connectivity index is 1.55. The molecule has 15 heteroatoms. The third kappa shape index (κ3) is 8.79. The summed E-state index contributed by atoms with van der Waals surface area (Å²) in [5.74, 6) is -2.76. The molecular formula is C41H35ClN2O10S2. The number of halogens is 1. The second-order valence-electron chi connectivity index (χ2n) is 12.5. The fourth-order valence-electron chi connectivity index (χ4n) is 6.08. The highest BCUT2D eigenvalue weighted by Gasteiger charge is 2.34. The van der Waals surface area contributed by atoms with Gasteiger partial charge in [-0.15, -0.1) is 0 Å². The summed E-state index contributed by atoms with van der Waals surface area (Å²) in [6, 6.07) is 35.3. The Morgan fingerprint density at radius 2 is 1.25 bits per heavy atom. The molecule has 0 saturated heterocycles. The number of rotatable bonds is 16. The van der Waals surface area contributed by atoms with Crippen LogP contribution in [0.2, 0.25) is 5.02 Å². The van der Waals surface area contributed by atoms with Crippen molar-refractivity contribution in [3.05, 3.63) is 150 Å². The van der Waals surface area contributed by atoms with Gasteiger partial charge in [-0.2, -0.15) is 4.31 Å². The van der Waals surface area contributed by atoms with Crippen LogP contribution < -0.4 is 13.8 Å². The Bertz CT molecular complexity index is 2590. The van der Waals surface area contributed by atoms with E-state index in [0.29, 0.717) is 26.0 Å². The molecule has 0 fully saturated rings. The summed E-state index contributed by atoms with van der Waals surface area (Å²) in [6.45, 7) is -2.81. The lowest BCUT2D eigenvalue weighted by Crippen LogP contribution is -2.37. The van der Waals surface area contributed by atoms with Gasteiger partial charge in [-0.25, -0.2) is 16.8 Å². The quantitative estimate of drug-likeness (QED) is 0.101. The van der Waals surface area contributed by atoms with Crippen LogP contribution in [0.4, 0.5) is 5.69 Å². The fraction of sp³-hybridized carbons (Fsp3) is 0.122. The number of hydrogen-bond acceptors (Lipinski definition) is 8. The largest absolute Gasteiger partial charge is 0.497 e. The summed E-state index contributed by atoms with van der Waals surface area (Å²) in [6.07, 6.45) is 0. The number of carbonyl (C=O) groups is 2. The van der Waals surface area contributed by atoms with Crippen molar-refractivity contribution in [1.29, 1.82) is 0 Å². The van der Waals surface area contributed by atoms with E-state index in [0.717, 1.165) is 15.4 Å². The topological polar surface area (TPSA) is 168 Å². The second kappa shape index (κ2) is 16.8. The number of anilines is 1. The standard InChI is InChI=1S/C41H35ClN2O10S2/c1-53-34-17-21-36(22-18-34)56(51,52)44(26-39(47)48)40-37-10-6-5-9-31(37)23-32(41(40)54-27-28-11-15-33(42)16-12-28)24-43(25-38(45)46)55(49,50)35-19-13-30(14-20-35)29-7-3-2-4-8-29/h2-23H,24-27H2,1H3,(H,45,46)(H,47,48). The predicted molar refractivity (Wildman–Crippen MR) is 212 cm³/mol. The maximum atomic E-state index is 14.5. The lowest BCUT2D eigenvalue weighted by molar-refractivity contribution is -0.137. The van der Waals surface area contributed by atoms with Crippen molar-refractivity contribution in [3.63, 3.8) is 0 Å². The van der Waals surface area contributed by atoms with Gasteiger partial charge in [-0.05, 0) is 76.7 Å². The average Bonchev–Trinajstić information content (AvgIpc) is 3.19. The van der Waals surface area contributed by atoms with E-state index in [-0.39, 0.29) is 38.8 Å². The fourth-order valence-corrected chi connectivity index (χ4v) is 9.01. The normalized spacial score (nSPS) is 11.7. The zero-order valence-electron chi connectivity index (χ0n) is 29.8. The summed E-state index contributed by atoms with van der Waals surface area (Å²) in [4.78, 5) is 24.3. The number of methoxy groups -OCH3 is 1. The van der Waals surface area contributed by atoms with Crippen LogP contribution in [0.1, 0.15) is 11.1 Å². The molecule has 0 saturated carbocycles. The third-order valence-corrected chi connectivity index (χ3v) is 12.6. The first-order valence-corrected chi connectivity index (χ1v) is 20.2. The summed E-state index contributed by atoms with van der Waals surface area (Å²) >= 11 is 6.11. The van der Waals surface area contributed by atoms with Gasteiger partial charge in [-0.3, -0.25) is 13.9 Å². The van der Waals surface area contributed by atoms with Gasteiger partial charge in [0, 0.05) is 22.5 Å². The monoisotopic (exact) mass is 814 g/mol. The number of sulfonamides is 2. The van der Waals surface area contributed by atoms with Crippen molar-refractivity contribution in [2.24, 2.45) is 0 Å². The van der Waals surface area contributed by atoms with Crippen molar-refractivity contribution < 1.29 is 46.1 Å². The highest BCUT2D eigenvalue weighted by molar-refractivity contribution is 7.93. The lowest BCUT2D eigenvalue weighted by atomic mass is 10.0. The molecule has 6 rings (SSSR count). The molecule has 12 nitrogen and oxygen atoms in total. The maximum Gasteiger partial charge on any atom is 0.324 e. The number of carboxylic acids is 2. The second-order valence-corrected chi connectivity index (χ2v) is 16.7. The summed E-state index contributed by atoms with van der Waals surface area (Å²) in [5.41, 5.74) is 2.06. The number of hydrogen-bond donors (Lipinski definition) is 2. The molecule has 6 aromatic carbocycles. The first kappa shape index (κ1) is 39.8. The van der Waals surface area contributed by atoms with Crippen LogP contribution >= 0.6 is 11.6 Å². The summed E-state index contributed by atoms with van der Waals surface area (Å²) in [5, 5.41) is 21.2. The molecular weight excluding hydrogens is 780 g/mol. The van der Waals surface area contributed by atoms with E-state index in [4.69, 9.17) is 21.1 Å². The summed E-state index contributed by atoms with van der Waals surface area (Å²) < 4.78 is 70.6. The van der Waals surface area contributed by atoms with Gasteiger partial charge in [0.15, 0.2) is 0 Å². The third-order valence-electron chi connectivity index (χ3n) is 8.78. The van der Waals surface area contributed by atoms with Crippen LogP contribution in [0.15, 0.2) is 143 Å². The molecule has 0 aliphatic heterocycles. The van der Waals surface area contributed by atoms with Gasteiger partial charge in [0.05, 0.1) is 16.9 Å². The molecule has 0 unspecified atom stereocenters. The molecule has 0 bridgehead atoms. The van der Waals surface area contributed by atoms with E-state index in [1.54, 1.807) is 66.7 Å². The summed E-state index contributed by atoms with van der Waals surface area (Å²) in [7, 11) is -7.77. The van der Waals surface area contributed by atoms with Crippen LogP contribution in [-0.2, 0) is 42.8 Å². The number of ether oxygens (including phenoxy) is 2. The van der Waals surface area contributed by atoms with Crippen LogP contribution in [0, 0.1) is 0 Å². The number of fused-ring (bicyclic) bond motifs is 1. The molecule has 288 valence electrons. The van der Waals surface area contributed by atoms with Crippen LogP contribution in [0.5, 0.6) is 11.5 Å². The Labute approximate surface area is 328 Å². The Morgan fingerprint density at radius 1 is 0.679 bits per heavy atom. The minimum Gasteiger partial charge on any atom is -0.497 e. The van der Waals surface area contributed by atoms with Crippen molar-refractivity contribution in [2.75, 3.05) is 24.5 Å². The van der Waals surface area contributed by atoms with Gasteiger partial charge in [0.1, 0.15) is 36.9 Å². The van der Waals surface area contributed by atoms with E-state index in [2.05, 4.69) is 0 Å². The zero-order valence-corrected chi connectivity index (χ0v) is 32.2. The van der Waals surface area contributed by atoms with E-state index >= 15 is 0 Å². The van der Waals surface area contributed by atoms with Gasteiger partial charge < -0.3 is 19.7 Å². The molecule has 0 aliphatic rings. The van der Waals surface area contributed by atoms with Crippen LogP contribution in [0.25, 0.3) is 21.9 Å². The van der Waals surface area contributed by atoms with Crippen LogP contribution in [0.3, 0.4) is 0 Å². The molecule has 0 heterocycles. The first-order valence-electron chi connectivity index (χ1n) is 17.0.